The molecule has 144 valence electrons. The largest absolute Gasteiger partial charge is 0.468 e. The van der Waals surface area contributed by atoms with E-state index in [-0.39, 0.29) is 5.82 Å². The van der Waals surface area contributed by atoms with E-state index in [1.54, 1.807) is 20.8 Å². The van der Waals surface area contributed by atoms with E-state index < -0.39 is 55.8 Å². The third-order valence-electron chi connectivity index (χ3n) is 3.54. The SMILES string of the molecule is COC(=O)C(C(=O)OC(C)(C)C)c1nc(CS(=O)(=O)C2CC2)ncc1F. The van der Waals surface area contributed by atoms with E-state index in [4.69, 9.17) is 4.74 Å². The van der Waals surface area contributed by atoms with Crippen LogP contribution in [0.5, 0.6) is 0 Å². The van der Waals surface area contributed by atoms with Crippen molar-refractivity contribution in [2.24, 2.45) is 0 Å². The van der Waals surface area contributed by atoms with E-state index in [9.17, 15) is 22.4 Å². The van der Waals surface area contributed by atoms with Crippen molar-refractivity contribution in [3.8, 4) is 0 Å². The van der Waals surface area contributed by atoms with Crippen LogP contribution in [0.1, 0.15) is 51.0 Å². The first-order valence-corrected chi connectivity index (χ1v) is 9.69. The average Bonchev–Trinajstić information content (AvgIpc) is 3.33. The Hall–Kier alpha value is -2.10. The van der Waals surface area contributed by atoms with Gasteiger partial charge in [-0.15, -0.1) is 0 Å². The number of sulfone groups is 1. The number of halogens is 1. The van der Waals surface area contributed by atoms with Crippen LogP contribution in [-0.4, -0.2) is 48.3 Å². The number of hydrogen-bond donors (Lipinski definition) is 0. The lowest BCUT2D eigenvalue weighted by Crippen LogP contribution is -2.33. The molecule has 0 bridgehead atoms. The van der Waals surface area contributed by atoms with E-state index >= 15 is 0 Å². The van der Waals surface area contributed by atoms with E-state index in [1.165, 1.54) is 0 Å². The summed E-state index contributed by atoms with van der Waals surface area (Å²) in [4.78, 5) is 31.9. The van der Waals surface area contributed by atoms with Crippen molar-refractivity contribution in [2.45, 2.75) is 56.1 Å². The standard InChI is InChI=1S/C16H21FN2O6S/c1-16(2,3)25-15(21)12(14(20)24-4)13-10(17)7-18-11(19-13)8-26(22,23)9-5-6-9/h7,9,12H,5-6,8H2,1-4H3. The molecule has 2 rings (SSSR count). The molecule has 0 spiro atoms. The summed E-state index contributed by atoms with van der Waals surface area (Å²) >= 11 is 0. The predicted molar refractivity (Wildman–Crippen MR) is 88.2 cm³/mol. The van der Waals surface area contributed by atoms with Crippen LogP contribution >= 0.6 is 0 Å². The highest BCUT2D eigenvalue weighted by atomic mass is 32.2. The molecule has 10 heteroatoms. The van der Waals surface area contributed by atoms with Crippen molar-refractivity contribution in [1.29, 1.82) is 0 Å². The van der Waals surface area contributed by atoms with Gasteiger partial charge in [-0.25, -0.2) is 22.8 Å². The first-order chi connectivity index (χ1) is 11.9. The molecule has 1 aromatic heterocycles. The van der Waals surface area contributed by atoms with Crippen molar-refractivity contribution in [2.75, 3.05) is 7.11 Å². The molecule has 1 aliphatic carbocycles. The molecular formula is C16H21FN2O6S. The van der Waals surface area contributed by atoms with Crippen molar-refractivity contribution in [1.82, 2.24) is 9.97 Å². The molecule has 26 heavy (non-hydrogen) atoms. The quantitative estimate of drug-likeness (QED) is 0.529. The number of nitrogens with zero attached hydrogens (tertiary/aromatic N) is 2. The van der Waals surface area contributed by atoms with E-state index in [2.05, 4.69) is 14.7 Å². The second kappa shape index (κ2) is 7.26. The monoisotopic (exact) mass is 388 g/mol. The molecule has 1 atom stereocenters. The zero-order valence-corrected chi connectivity index (χ0v) is 15.8. The Bertz CT molecular complexity index is 815. The van der Waals surface area contributed by atoms with Crippen molar-refractivity contribution >= 4 is 21.8 Å². The smallest absolute Gasteiger partial charge is 0.327 e. The van der Waals surface area contributed by atoms with Crippen LogP contribution in [0.15, 0.2) is 6.20 Å². The van der Waals surface area contributed by atoms with Gasteiger partial charge in [-0.2, -0.15) is 0 Å². The lowest BCUT2D eigenvalue weighted by atomic mass is 10.0. The summed E-state index contributed by atoms with van der Waals surface area (Å²) in [6.45, 7) is 4.76. The maximum absolute atomic E-state index is 14.2. The van der Waals surface area contributed by atoms with Gasteiger partial charge >= 0.3 is 11.9 Å². The lowest BCUT2D eigenvalue weighted by Gasteiger charge is -2.23. The molecule has 0 N–H and O–H groups in total. The zero-order chi connectivity index (χ0) is 19.7. The molecule has 0 aromatic carbocycles. The molecule has 0 saturated heterocycles. The molecule has 8 nitrogen and oxygen atoms in total. The van der Waals surface area contributed by atoms with Crippen molar-refractivity contribution in [3.05, 3.63) is 23.5 Å². The van der Waals surface area contributed by atoms with Gasteiger partial charge < -0.3 is 9.47 Å². The molecule has 0 radical (unpaired) electrons. The van der Waals surface area contributed by atoms with Crippen LogP contribution in [0.25, 0.3) is 0 Å². The van der Waals surface area contributed by atoms with Gasteiger partial charge in [-0.05, 0) is 33.6 Å². The fraction of sp³-hybridized carbons (Fsp3) is 0.625. The molecule has 1 heterocycles. The third-order valence-corrected chi connectivity index (χ3v) is 5.68. The minimum absolute atomic E-state index is 0.189. The number of rotatable bonds is 6. The fourth-order valence-corrected chi connectivity index (χ4v) is 3.80. The number of esters is 2. The Morgan fingerprint density at radius 2 is 1.92 bits per heavy atom. The van der Waals surface area contributed by atoms with Gasteiger partial charge in [0.1, 0.15) is 22.9 Å². The minimum Gasteiger partial charge on any atom is -0.468 e. The summed E-state index contributed by atoms with van der Waals surface area (Å²) in [6.07, 6.45) is 1.87. The number of aromatic nitrogens is 2. The topological polar surface area (TPSA) is 113 Å². The van der Waals surface area contributed by atoms with Crippen LogP contribution in [0.4, 0.5) is 4.39 Å². The second-order valence-electron chi connectivity index (χ2n) is 7.02. The molecule has 1 unspecified atom stereocenters. The summed E-state index contributed by atoms with van der Waals surface area (Å²) in [6, 6.07) is 0. The average molecular weight is 388 g/mol. The number of hydrogen-bond acceptors (Lipinski definition) is 8. The van der Waals surface area contributed by atoms with Gasteiger partial charge in [0, 0.05) is 0 Å². The maximum Gasteiger partial charge on any atom is 0.327 e. The lowest BCUT2D eigenvalue weighted by molar-refractivity contribution is -0.163. The van der Waals surface area contributed by atoms with Crippen molar-refractivity contribution < 1.29 is 31.9 Å². The van der Waals surface area contributed by atoms with Crippen LogP contribution in [0, 0.1) is 5.82 Å². The van der Waals surface area contributed by atoms with Gasteiger partial charge in [0.15, 0.2) is 21.6 Å². The Morgan fingerprint density at radius 1 is 1.31 bits per heavy atom. The minimum atomic E-state index is -3.45. The fourth-order valence-electron chi connectivity index (χ4n) is 2.21. The third kappa shape index (κ3) is 4.96. The Balaban J connectivity index is 2.39. The van der Waals surface area contributed by atoms with Gasteiger partial charge in [0.05, 0.1) is 18.6 Å². The summed E-state index contributed by atoms with van der Waals surface area (Å²) in [5.41, 5.74) is -1.49. The number of carbonyl (C=O) groups excluding carboxylic acids is 2. The molecule has 0 aliphatic heterocycles. The van der Waals surface area contributed by atoms with Crippen molar-refractivity contribution in [3.63, 3.8) is 0 Å². The van der Waals surface area contributed by atoms with Crippen LogP contribution in [0.2, 0.25) is 0 Å². The summed E-state index contributed by atoms with van der Waals surface area (Å²) < 4.78 is 48.1. The Morgan fingerprint density at radius 3 is 2.42 bits per heavy atom. The molecule has 0 amide bonds. The summed E-state index contributed by atoms with van der Waals surface area (Å²) in [5.74, 6) is -5.59. The van der Waals surface area contributed by atoms with Crippen LogP contribution in [0.3, 0.4) is 0 Å². The van der Waals surface area contributed by atoms with E-state index in [0.717, 1.165) is 13.3 Å². The van der Waals surface area contributed by atoms with Crippen LogP contribution < -0.4 is 0 Å². The number of methoxy groups -OCH3 is 1. The highest BCUT2D eigenvalue weighted by Crippen LogP contribution is 2.31. The maximum atomic E-state index is 14.2. The van der Waals surface area contributed by atoms with Gasteiger partial charge in [0.25, 0.3) is 0 Å². The second-order valence-corrected chi connectivity index (χ2v) is 9.30. The normalized spacial score (nSPS) is 16.0. The Kier molecular flexibility index (Phi) is 5.64. The van der Waals surface area contributed by atoms with Gasteiger partial charge in [-0.1, -0.05) is 0 Å². The predicted octanol–water partition coefficient (Wildman–Crippen LogP) is 1.29. The van der Waals surface area contributed by atoms with E-state index in [1.807, 2.05) is 0 Å². The summed E-state index contributed by atoms with van der Waals surface area (Å²) in [5, 5.41) is -0.443. The van der Waals surface area contributed by atoms with Gasteiger partial charge in [0.2, 0.25) is 0 Å². The highest BCUT2D eigenvalue weighted by molar-refractivity contribution is 7.91. The first kappa shape index (κ1) is 20.2. The van der Waals surface area contributed by atoms with E-state index in [0.29, 0.717) is 12.8 Å². The zero-order valence-electron chi connectivity index (χ0n) is 15.0. The Labute approximate surface area is 151 Å². The molecule has 1 fully saturated rings. The van der Waals surface area contributed by atoms with Gasteiger partial charge in [-0.3, -0.25) is 9.59 Å². The highest BCUT2D eigenvalue weighted by Gasteiger charge is 2.39. The number of carbonyl (C=O) groups is 2. The van der Waals surface area contributed by atoms with Crippen LogP contribution in [-0.2, 0) is 34.7 Å². The summed E-state index contributed by atoms with van der Waals surface area (Å²) in [7, 11) is -2.41. The molecule has 1 aromatic rings. The molecule has 1 aliphatic rings. The number of ether oxygens (including phenoxy) is 2. The molecule has 1 saturated carbocycles. The first-order valence-electron chi connectivity index (χ1n) is 7.98. The molecular weight excluding hydrogens is 367 g/mol.